The number of likely N-dealkylation sites (N-methyl/N-ethyl adjacent to an activating group) is 1. The van der Waals surface area contributed by atoms with E-state index in [9.17, 15) is 0 Å². The molecule has 18 heavy (non-hydrogen) atoms. The Hall–Kier alpha value is -0.900. The first-order valence-electron chi connectivity index (χ1n) is 6.72. The van der Waals surface area contributed by atoms with Gasteiger partial charge in [-0.2, -0.15) is 0 Å². The fraction of sp³-hybridized carbons (Fsp3) is 0.600. The van der Waals surface area contributed by atoms with E-state index in [1.54, 1.807) is 0 Å². The van der Waals surface area contributed by atoms with E-state index in [0.29, 0.717) is 12.1 Å². The molecular formula is C15H24N2O. The van der Waals surface area contributed by atoms with Gasteiger partial charge in [0.2, 0.25) is 0 Å². The van der Waals surface area contributed by atoms with Crippen molar-refractivity contribution in [3.05, 3.63) is 35.4 Å². The van der Waals surface area contributed by atoms with Crippen molar-refractivity contribution in [2.75, 3.05) is 33.8 Å². The summed E-state index contributed by atoms with van der Waals surface area (Å²) in [6.07, 6.45) is 1.57. The molecule has 0 unspecified atom stereocenters. The first-order chi connectivity index (χ1) is 8.72. The largest absolute Gasteiger partial charge is 0.380 e. The third-order valence-corrected chi connectivity index (χ3v) is 3.80. The van der Waals surface area contributed by atoms with E-state index in [2.05, 4.69) is 41.4 Å². The molecule has 1 aliphatic rings. The summed E-state index contributed by atoms with van der Waals surface area (Å²) in [6.45, 7) is 5.40. The Kier molecular flexibility index (Phi) is 4.75. The average molecular weight is 248 g/mol. The maximum atomic E-state index is 5.42. The summed E-state index contributed by atoms with van der Waals surface area (Å²) in [6, 6.07) is 9.16. The average Bonchev–Trinajstić information content (AvgIpc) is 2.83. The van der Waals surface area contributed by atoms with Crippen LogP contribution in [0.1, 0.15) is 23.6 Å². The van der Waals surface area contributed by atoms with Gasteiger partial charge in [-0.05, 0) is 26.0 Å². The van der Waals surface area contributed by atoms with Crippen LogP contribution in [0.25, 0.3) is 0 Å². The topological polar surface area (TPSA) is 24.5 Å². The van der Waals surface area contributed by atoms with Gasteiger partial charge >= 0.3 is 0 Å². The number of nitrogens with zero attached hydrogens (tertiary/aromatic N) is 1. The molecule has 1 aliphatic heterocycles. The van der Waals surface area contributed by atoms with Crippen molar-refractivity contribution in [3.63, 3.8) is 0 Å². The summed E-state index contributed by atoms with van der Waals surface area (Å²) in [4.78, 5) is 2.48. The minimum Gasteiger partial charge on any atom is -0.380 e. The van der Waals surface area contributed by atoms with Crippen LogP contribution in [-0.2, 0) is 4.74 Å². The van der Waals surface area contributed by atoms with Crippen LogP contribution in [0.3, 0.4) is 0 Å². The van der Waals surface area contributed by atoms with Crippen LogP contribution >= 0.6 is 0 Å². The third kappa shape index (κ3) is 3.31. The summed E-state index contributed by atoms with van der Waals surface area (Å²) in [7, 11) is 3.85. The van der Waals surface area contributed by atoms with E-state index in [4.69, 9.17) is 4.74 Å². The van der Waals surface area contributed by atoms with Gasteiger partial charge in [0.1, 0.15) is 0 Å². The molecule has 3 nitrogen and oxygen atoms in total. The highest BCUT2D eigenvalue weighted by molar-refractivity contribution is 5.25. The number of methoxy groups -OCH3 is 1. The van der Waals surface area contributed by atoms with Crippen LogP contribution in [-0.4, -0.2) is 44.8 Å². The second-order valence-electron chi connectivity index (χ2n) is 5.16. The number of ether oxygens (including phenoxy) is 1. The normalized spacial score (nSPS) is 22.3. The first kappa shape index (κ1) is 13.5. The number of aryl methyl sites for hydroxylation is 1. The lowest BCUT2D eigenvalue weighted by Crippen LogP contribution is -2.33. The van der Waals surface area contributed by atoms with Gasteiger partial charge in [0.05, 0.1) is 6.10 Å². The second kappa shape index (κ2) is 6.32. The van der Waals surface area contributed by atoms with E-state index in [0.717, 1.165) is 26.1 Å². The Bertz CT molecular complexity index is 381. The Morgan fingerprint density at radius 2 is 2.33 bits per heavy atom. The Morgan fingerprint density at radius 3 is 2.94 bits per heavy atom. The van der Waals surface area contributed by atoms with E-state index >= 15 is 0 Å². The van der Waals surface area contributed by atoms with Crippen molar-refractivity contribution in [2.45, 2.75) is 25.5 Å². The molecule has 2 atom stereocenters. The van der Waals surface area contributed by atoms with Gasteiger partial charge in [-0.1, -0.05) is 29.8 Å². The monoisotopic (exact) mass is 248 g/mol. The Balaban J connectivity index is 1.97. The van der Waals surface area contributed by atoms with Crippen LogP contribution in [0.4, 0.5) is 0 Å². The maximum Gasteiger partial charge on any atom is 0.0710 e. The summed E-state index contributed by atoms with van der Waals surface area (Å²) >= 11 is 0. The van der Waals surface area contributed by atoms with Crippen LogP contribution in [0.15, 0.2) is 24.3 Å². The van der Waals surface area contributed by atoms with Crippen molar-refractivity contribution in [2.24, 2.45) is 0 Å². The molecule has 1 saturated heterocycles. The number of nitrogens with one attached hydrogen (secondary N) is 1. The molecule has 1 heterocycles. The molecule has 0 amide bonds. The molecular weight excluding hydrogens is 224 g/mol. The lowest BCUT2D eigenvalue weighted by atomic mass is 10.0. The molecule has 0 radical (unpaired) electrons. The van der Waals surface area contributed by atoms with E-state index in [1.807, 2.05) is 14.2 Å². The molecule has 100 valence electrons. The summed E-state index contributed by atoms with van der Waals surface area (Å²) in [5.41, 5.74) is 2.70. The fourth-order valence-corrected chi connectivity index (χ4v) is 2.66. The van der Waals surface area contributed by atoms with E-state index in [-0.39, 0.29) is 0 Å². The second-order valence-corrected chi connectivity index (χ2v) is 5.16. The Labute approximate surface area is 110 Å². The van der Waals surface area contributed by atoms with Gasteiger partial charge in [-0.3, -0.25) is 4.90 Å². The molecule has 1 aromatic rings. The van der Waals surface area contributed by atoms with Crippen molar-refractivity contribution < 1.29 is 4.74 Å². The zero-order valence-corrected chi connectivity index (χ0v) is 11.6. The lowest BCUT2D eigenvalue weighted by molar-refractivity contribution is 0.107. The molecule has 0 bridgehead atoms. The van der Waals surface area contributed by atoms with Crippen molar-refractivity contribution >= 4 is 0 Å². The number of rotatable bonds is 5. The molecule has 2 rings (SSSR count). The number of hydrogen-bond donors (Lipinski definition) is 1. The van der Waals surface area contributed by atoms with Gasteiger partial charge in [0.15, 0.2) is 0 Å². The van der Waals surface area contributed by atoms with Gasteiger partial charge < -0.3 is 10.1 Å². The number of benzene rings is 1. The quantitative estimate of drug-likeness (QED) is 0.862. The van der Waals surface area contributed by atoms with Gasteiger partial charge in [0.25, 0.3) is 0 Å². The van der Waals surface area contributed by atoms with Gasteiger partial charge in [-0.15, -0.1) is 0 Å². The molecule has 0 aromatic heterocycles. The smallest absolute Gasteiger partial charge is 0.0710 e. The van der Waals surface area contributed by atoms with Crippen molar-refractivity contribution in [1.29, 1.82) is 0 Å². The van der Waals surface area contributed by atoms with Crippen LogP contribution < -0.4 is 5.32 Å². The molecule has 3 heteroatoms. The van der Waals surface area contributed by atoms with Gasteiger partial charge in [0, 0.05) is 32.8 Å². The van der Waals surface area contributed by atoms with Crippen LogP contribution in [0, 0.1) is 6.92 Å². The highest BCUT2D eigenvalue weighted by Gasteiger charge is 2.24. The SMILES string of the molecule is CN[C@@H](CN1CC[C@@H](OC)C1)c1cccc(C)c1. The first-order valence-corrected chi connectivity index (χ1v) is 6.72. The van der Waals surface area contributed by atoms with Crippen LogP contribution in [0.5, 0.6) is 0 Å². The molecule has 0 spiro atoms. The summed E-state index contributed by atoms with van der Waals surface area (Å²) < 4.78 is 5.42. The van der Waals surface area contributed by atoms with E-state index < -0.39 is 0 Å². The van der Waals surface area contributed by atoms with Gasteiger partial charge in [-0.25, -0.2) is 0 Å². The molecule has 0 aliphatic carbocycles. The summed E-state index contributed by atoms with van der Waals surface area (Å²) in [5, 5.41) is 3.42. The Morgan fingerprint density at radius 1 is 1.50 bits per heavy atom. The zero-order valence-electron chi connectivity index (χ0n) is 11.6. The van der Waals surface area contributed by atoms with Crippen LogP contribution in [0.2, 0.25) is 0 Å². The standard InChI is InChI=1S/C15H24N2O/c1-12-5-4-6-13(9-12)15(16-2)11-17-8-7-14(10-17)18-3/h4-6,9,14-16H,7-8,10-11H2,1-3H3/t14-,15+/m1/s1. The number of likely N-dealkylation sites (tertiary alicyclic amines) is 1. The summed E-state index contributed by atoms with van der Waals surface area (Å²) in [5.74, 6) is 0. The molecule has 1 fully saturated rings. The number of hydrogen-bond acceptors (Lipinski definition) is 3. The lowest BCUT2D eigenvalue weighted by Gasteiger charge is -2.24. The van der Waals surface area contributed by atoms with Crippen molar-refractivity contribution in [1.82, 2.24) is 10.2 Å². The van der Waals surface area contributed by atoms with Crippen molar-refractivity contribution in [3.8, 4) is 0 Å². The highest BCUT2D eigenvalue weighted by atomic mass is 16.5. The predicted molar refractivity (Wildman–Crippen MR) is 74.8 cm³/mol. The minimum atomic E-state index is 0.403. The predicted octanol–water partition coefficient (Wildman–Crippen LogP) is 1.98. The molecule has 0 saturated carbocycles. The fourth-order valence-electron chi connectivity index (χ4n) is 2.66. The molecule has 1 aromatic carbocycles. The zero-order chi connectivity index (χ0) is 13.0. The third-order valence-electron chi connectivity index (χ3n) is 3.80. The molecule has 1 N–H and O–H groups in total. The van der Waals surface area contributed by atoms with E-state index in [1.165, 1.54) is 11.1 Å². The minimum absolute atomic E-state index is 0.403. The highest BCUT2D eigenvalue weighted by Crippen LogP contribution is 2.19. The maximum absolute atomic E-state index is 5.42.